The topological polar surface area (TPSA) is 56.1 Å². The number of benzene rings is 2. The molecule has 1 amide bonds. The quantitative estimate of drug-likeness (QED) is 0.557. The molecule has 0 unspecified atom stereocenters. The Hall–Kier alpha value is -2.82. The zero-order valence-corrected chi connectivity index (χ0v) is 17.3. The number of nitrogens with one attached hydrogen (secondary N) is 1. The molecule has 3 aromatic rings. The second kappa shape index (κ2) is 8.68. The van der Waals surface area contributed by atoms with Crippen LogP contribution in [0.2, 0.25) is 0 Å². The number of amides is 1. The Labute approximate surface area is 172 Å². The minimum absolute atomic E-state index is 0.189. The highest BCUT2D eigenvalue weighted by Gasteiger charge is 2.29. The van der Waals surface area contributed by atoms with E-state index >= 15 is 0 Å². The predicted octanol–water partition coefficient (Wildman–Crippen LogP) is 4.19. The molecule has 1 N–H and O–H groups in total. The molecule has 29 heavy (non-hydrogen) atoms. The number of hydrogen-bond acceptors (Lipinski definition) is 3. The molecule has 1 aliphatic rings. The molecular weight excluding hydrogens is 362 g/mol. The van der Waals surface area contributed by atoms with Gasteiger partial charge in [0.25, 0.3) is 0 Å². The summed E-state index contributed by atoms with van der Waals surface area (Å²) < 4.78 is 8.29. The van der Waals surface area contributed by atoms with Crippen LogP contribution in [0.15, 0.2) is 42.5 Å². The summed E-state index contributed by atoms with van der Waals surface area (Å²) >= 11 is 0. The predicted molar refractivity (Wildman–Crippen MR) is 115 cm³/mol. The van der Waals surface area contributed by atoms with Crippen LogP contribution in [0.25, 0.3) is 11.0 Å². The maximum absolute atomic E-state index is 11.9. The highest BCUT2D eigenvalue weighted by Crippen LogP contribution is 2.28. The van der Waals surface area contributed by atoms with Gasteiger partial charge in [-0.2, -0.15) is 0 Å². The van der Waals surface area contributed by atoms with E-state index in [1.807, 2.05) is 30.3 Å². The van der Waals surface area contributed by atoms with Crippen molar-refractivity contribution in [1.29, 1.82) is 0 Å². The van der Waals surface area contributed by atoms with Crippen molar-refractivity contribution in [2.45, 2.75) is 46.1 Å². The van der Waals surface area contributed by atoms with Gasteiger partial charge in [-0.3, -0.25) is 4.79 Å². The number of carbonyl (C=O) groups excluding carboxylic acids is 1. The van der Waals surface area contributed by atoms with Gasteiger partial charge in [-0.25, -0.2) is 4.98 Å². The van der Waals surface area contributed by atoms with Crippen LogP contribution in [-0.4, -0.2) is 28.6 Å². The van der Waals surface area contributed by atoms with Crippen LogP contribution in [-0.2, 0) is 17.8 Å². The summed E-state index contributed by atoms with van der Waals surface area (Å²) in [6, 6.07) is 14.4. The summed E-state index contributed by atoms with van der Waals surface area (Å²) in [7, 11) is 0. The molecule has 0 aliphatic heterocycles. The van der Waals surface area contributed by atoms with Crippen molar-refractivity contribution in [1.82, 2.24) is 14.9 Å². The van der Waals surface area contributed by atoms with Crippen molar-refractivity contribution in [2.24, 2.45) is 5.92 Å². The number of fused-ring (bicyclic) bond motifs is 1. The standard InChI is InChI=1S/C24H29N3O2/c1-17-7-5-10-22(18(17)2)29-16-6-15-27-21-9-4-3-8-20(21)26-23(27)13-14-25-24(28)19-11-12-19/h3-5,7-10,19H,6,11-16H2,1-2H3,(H,25,28). The lowest BCUT2D eigenvalue weighted by Crippen LogP contribution is -2.27. The van der Waals surface area contributed by atoms with Gasteiger partial charge in [-0.1, -0.05) is 24.3 Å². The lowest BCUT2D eigenvalue weighted by molar-refractivity contribution is -0.122. The molecule has 2 aromatic carbocycles. The lowest BCUT2D eigenvalue weighted by atomic mass is 10.1. The van der Waals surface area contributed by atoms with Crippen LogP contribution in [0, 0.1) is 19.8 Å². The largest absolute Gasteiger partial charge is 0.493 e. The third-order valence-electron chi connectivity index (χ3n) is 5.67. The van der Waals surface area contributed by atoms with Crippen molar-refractivity contribution in [3.05, 3.63) is 59.4 Å². The van der Waals surface area contributed by atoms with E-state index in [0.29, 0.717) is 13.2 Å². The van der Waals surface area contributed by atoms with E-state index in [0.717, 1.165) is 54.8 Å². The van der Waals surface area contributed by atoms with Gasteiger partial charge in [-0.05, 0) is 62.4 Å². The lowest BCUT2D eigenvalue weighted by Gasteiger charge is -2.13. The summed E-state index contributed by atoms with van der Waals surface area (Å²) in [4.78, 5) is 16.7. The molecule has 4 rings (SSSR count). The Bertz CT molecular complexity index is 1000. The number of para-hydroxylation sites is 2. The van der Waals surface area contributed by atoms with Crippen LogP contribution < -0.4 is 10.1 Å². The third kappa shape index (κ3) is 4.61. The molecule has 5 nitrogen and oxygen atoms in total. The average Bonchev–Trinajstić information content (AvgIpc) is 3.51. The molecule has 0 spiro atoms. The van der Waals surface area contributed by atoms with Crippen LogP contribution in [0.3, 0.4) is 0 Å². The Kier molecular flexibility index (Phi) is 5.84. The van der Waals surface area contributed by atoms with Crippen molar-refractivity contribution < 1.29 is 9.53 Å². The molecule has 0 bridgehead atoms. The first-order chi connectivity index (χ1) is 14.1. The SMILES string of the molecule is Cc1cccc(OCCCn2c(CCNC(=O)C3CC3)nc3ccccc32)c1C. The van der Waals surface area contributed by atoms with Gasteiger partial charge in [0.2, 0.25) is 5.91 Å². The van der Waals surface area contributed by atoms with Crippen LogP contribution in [0.4, 0.5) is 0 Å². The van der Waals surface area contributed by atoms with E-state index in [9.17, 15) is 4.79 Å². The smallest absolute Gasteiger partial charge is 0.223 e. The molecule has 5 heteroatoms. The van der Waals surface area contributed by atoms with Gasteiger partial charge in [-0.15, -0.1) is 0 Å². The summed E-state index contributed by atoms with van der Waals surface area (Å²) in [5.74, 6) is 2.42. The number of ether oxygens (including phenoxy) is 1. The van der Waals surface area contributed by atoms with E-state index in [1.54, 1.807) is 0 Å². The van der Waals surface area contributed by atoms with Gasteiger partial charge in [0.15, 0.2) is 0 Å². The van der Waals surface area contributed by atoms with E-state index in [2.05, 4.69) is 35.9 Å². The number of aromatic nitrogens is 2. The fourth-order valence-electron chi connectivity index (χ4n) is 3.64. The molecular formula is C24H29N3O2. The molecule has 0 saturated heterocycles. The normalized spacial score (nSPS) is 13.6. The summed E-state index contributed by atoms with van der Waals surface area (Å²) in [5, 5.41) is 3.05. The summed E-state index contributed by atoms with van der Waals surface area (Å²) in [6.07, 6.45) is 3.70. The number of rotatable bonds is 9. The van der Waals surface area contributed by atoms with Gasteiger partial charge >= 0.3 is 0 Å². The Morgan fingerprint density at radius 1 is 1.17 bits per heavy atom. The molecule has 1 heterocycles. The van der Waals surface area contributed by atoms with Crippen LogP contribution in [0.1, 0.15) is 36.2 Å². The van der Waals surface area contributed by atoms with E-state index in [1.165, 1.54) is 11.1 Å². The second-order valence-corrected chi connectivity index (χ2v) is 7.88. The zero-order chi connectivity index (χ0) is 20.2. The zero-order valence-electron chi connectivity index (χ0n) is 17.3. The van der Waals surface area contributed by atoms with Crippen LogP contribution >= 0.6 is 0 Å². The Morgan fingerprint density at radius 3 is 2.83 bits per heavy atom. The second-order valence-electron chi connectivity index (χ2n) is 7.88. The Morgan fingerprint density at radius 2 is 2.00 bits per heavy atom. The molecule has 1 fully saturated rings. The molecule has 152 valence electrons. The first kappa shape index (κ1) is 19.5. The molecule has 0 radical (unpaired) electrons. The monoisotopic (exact) mass is 391 g/mol. The number of nitrogens with zero attached hydrogens (tertiary/aromatic N) is 2. The highest BCUT2D eigenvalue weighted by atomic mass is 16.5. The van der Waals surface area contributed by atoms with Gasteiger partial charge in [0.05, 0.1) is 17.6 Å². The molecule has 0 atom stereocenters. The number of imidazole rings is 1. The molecule has 1 aliphatic carbocycles. The van der Waals surface area contributed by atoms with Crippen molar-refractivity contribution >= 4 is 16.9 Å². The van der Waals surface area contributed by atoms with Crippen molar-refractivity contribution in [3.8, 4) is 5.75 Å². The first-order valence-electron chi connectivity index (χ1n) is 10.5. The number of aryl methyl sites for hydroxylation is 2. The van der Waals surface area contributed by atoms with Crippen molar-refractivity contribution in [2.75, 3.05) is 13.2 Å². The minimum Gasteiger partial charge on any atom is -0.493 e. The summed E-state index contributed by atoms with van der Waals surface area (Å²) in [5.41, 5.74) is 4.60. The van der Waals surface area contributed by atoms with Crippen LogP contribution in [0.5, 0.6) is 5.75 Å². The minimum atomic E-state index is 0.189. The maximum atomic E-state index is 11.9. The van der Waals surface area contributed by atoms with E-state index < -0.39 is 0 Å². The van der Waals surface area contributed by atoms with Crippen molar-refractivity contribution in [3.63, 3.8) is 0 Å². The fraction of sp³-hybridized carbons (Fsp3) is 0.417. The highest BCUT2D eigenvalue weighted by molar-refractivity contribution is 5.80. The molecule has 1 aromatic heterocycles. The van der Waals surface area contributed by atoms with E-state index in [-0.39, 0.29) is 11.8 Å². The number of carbonyl (C=O) groups is 1. The van der Waals surface area contributed by atoms with Gasteiger partial charge in [0.1, 0.15) is 11.6 Å². The average molecular weight is 392 g/mol. The van der Waals surface area contributed by atoms with Gasteiger partial charge < -0.3 is 14.6 Å². The third-order valence-corrected chi connectivity index (χ3v) is 5.67. The first-order valence-corrected chi connectivity index (χ1v) is 10.5. The van der Waals surface area contributed by atoms with Gasteiger partial charge in [0, 0.05) is 25.4 Å². The van der Waals surface area contributed by atoms with E-state index in [4.69, 9.17) is 9.72 Å². The maximum Gasteiger partial charge on any atom is 0.223 e. The Balaban J connectivity index is 1.38. The fourth-order valence-corrected chi connectivity index (χ4v) is 3.64. The molecule has 1 saturated carbocycles. The number of hydrogen-bond donors (Lipinski definition) is 1. The summed E-state index contributed by atoms with van der Waals surface area (Å²) in [6.45, 7) is 6.35.